The molecule has 0 fully saturated rings. The van der Waals surface area contributed by atoms with E-state index in [2.05, 4.69) is 19.7 Å². The second-order valence-electron chi connectivity index (χ2n) is 2.26. The molecule has 90 valence electrons. The maximum Gasteiger partial charge on any atom is 0.451 e. The molecule has 0 spiro atoms. The highest BCUT2D eigenvalue weighted by Crippen LogP contribution is 2.30. The topological polar surface area (TPSA) is 47.9 Å². The molecule has 16 heavy (non-hydrogen) atoms. The van der Waals surface area contributed by atoms with Crippen molar-refractivity contribution in [1.29, 1.82) is 0 Å². The standard InChI is InChI=1S/C5Cl3F4N3O/c6-5(7,8)16-3-14-1(4(10,11)12)13-2(9)15-3. The van der Waals surface area contributed by atoms with Gasteiger partial charge in [-0.3, -0.25) is 0 Å². The summed E-state index contributed by atoms with van der Waals surface area (Å²) in [6, 6.07) is -1.08. The Morgan fingerprint density at radius 1 is 1.00 bits per heavy atom. The van der Waals surface area contributed by atoms with Crippen LogP contribution in [-0.2, 0) is 6.18 Å². The summed E-state index contributed by atoms with van der Waals surface area (Å²) in [7, 11) is 0. The second-order valence-corrected chi connectivity index (χ2v) is 4.43. The van der Waals surface area contributed by atoms with Crippen LogP contribution in [-0.4, -0.2) is 18.9 Å². The van der Waals surface area contributed by atoms with Crippen molar-refractivity contribution < 1.29 is 22.3 Å². The first-order valence-electron chi connectivity index (χ1n) is 3.32. The van der Waals surface area contributed by atoms with Crippen molar-refractivity contribution in [2.75, 3.05) is 0 Å². The Balaban J connectivity index is 3.09. The normalized spacial score (nSPS) is 12.7. The number of aromatic nitrogens is 3. The van der Waals surface area contributed by atoms with Gasteiger partial charge in [-0.2, -0.15) is 27.5 Å². The van der Waals surface area contributed by atoms with Gasteiger partial charge in [0.15, 0.2) is 0 Å². The zero-order chi connectivity index (χ0) is 12.6. The summed E-state index contributed by atoms with van der Waals surface area (Å²) in [5.74, 6) is -1.79. The minimum absolute atomic E-state index is 1.08. The molecule has 1 rings (SSSR count). The Labute approximate surface area is 101 Å². The molecule has 1 aromatic heterocycles. The van der Waals surface area contributed by atoms with Gasteiger partial charge in [0, 0.05) is 0 Å². The highest BCUT2D eigenvalue weighted by atomic mass is 35.6. The molecule has 0 aliphatic rings. The lowest BCUT2D eigenvalue weighted by molar-refractivity contribution is -0.146. The molecule has 0 aromatic carbocycles. The third-order valence-electron chi connectivity index (χ3n) is 1.05. The third-order valence-corrected chi connectivity index (χ3v) is 1.28. The summed E-state index contributed by atoms with van der Waals surface area (Å²) < 4.78 is 50.7. The molecule has 1 heterocycles. The summed E-state index contributed by atoms with van der Waals surface area (Å²) in [5.41, 5.74) is 0. The van der Waals surface area contributed by atoms with Gasteiger partial charge in [-0.25, -0.2) is 0 Å². The second kappa shape index (κ2) is 4.34. The molecule has 1 aromatic rings. The molecule has 0 bridgehead atoms. The van der Waals surface area contributed by atoms with Crippen LogP contribution in [0.3, 0.4) is 0 Å². The summed E-state index contributed by atoms with van der Waals surface area (Å²) in [6.45, 7) is 0. The lowest BCUT2D eigenvalue weighted by Crippen LogP contribution is -2.19. The van der Waals surface area contributed by atoms with Crippen LogP contribution >= 0.6 is 34.8 Å². The highest BCUT2D eigenvalue weighted by molar-refractivity contribution is 6.66. The van der Waals surface area contributed by atoms with Crippen molar-refractivity contribution in [1.82, 2.24) is 15.0 Å². The Kier molecular flexibility index (Phi) is 3.65. The number of nitrogens with zero attached hydrogens (tertiary/aromatic N) is 3. The number of rotatable bonds is 1. The molecular weight excluding hydrogens is 300 g/mol. The average Bonchev–Trinajstić information content (AvgIpc) is 1.97. The third kappa shape index (κ3) is 4.11. The SMILES string of the molecule is Fc1nc(OC(Cl)(Cl)Cl)nc(C(F)(F)F)n1. The van der Waals surface area contributed by atoms with Gasteiger partial charge in [-0.05, 0) is 34.8 Å². The number of ether oxygens (including phenoxy) is 1. The van der Waals surface area contributed by atoms with Gasteiger partial charge < -0.3 is 4.74 Å². The van der Waals surface area contributed by atoms with E-state index in [0.717, 1.165) is 0 Å². The quantitative estimate of drug-likeness (QED) is 0.591. The van der Waals surface area contributed by atoms with Gasteiger partial charge in [0.25, 0.3) is 0 Å². The van der Waals surface area contributed by atoms with Gasteiger partial charge in [0.2, 0.25) is 5.82 Å². The predicted octanol–water partition coefficient (Wildman–Crippen LogP) is 2.74. The number of alkyl halides is 6. The van der Waals surface area contributed by atoms with E-state index in [0.29, 0.717) is 0 Å². The largest absolute Gasteiger partial charge is 0.451 e. The minimum atomic E-state index is -4.96. The van der Waals surface area contributed by atoms with Crippen molar-refractivity contribution >= 4 is 34.8 Å². The van der Waals surface area contributed by atoms with Gasteiger partial charge in [-0.1, -0.05) is 0 Å². The highest BCUT2D eigenvalue weighted by Gasteiger charge is 2.37. The molecule has 0 saturated carbocycles. The van der Waals surface area contributed by atoms with Crippen LogP contribution in [0.25, 0.3) is 0 Å². The van der Waals surface area contributed by atoms with E-state index in [1.165, 1.54) is 0 Å². The van der Waals surface area contributed by atoms with E-state index in [1.807, 2.05) is 0 Å². The van der Waals surface area contributed by atoms with Gasteiger partial charge in [0.1, 0.15) is 0 Å². The van der Waals surface area contributed by atoms with Crippen LogP contribution < -0.4 is 4.74 Å². The molecule has 0 radical (unpaired) electrons. The fourth-order valence-corrected chi connectivity index (χ4v) is 0.815. The molecular formula is C5Cl3F4N3O. The van der Waals surface area contributed by atoms with E-state index >= 15 is 0 Å². The molecule has 0 atom stereocenters. The van der Waals surface area contributed by atoms with Crippen molar-refractivity contribution in [3.63, 3.8) is 0 Å². The Bertz CT molecular complexity index is 393. The zero-order valence-corrected chi connectivity index (χ0v) is 9.16. The van der Waals surface area contributed by atoms with Gasteiger partial charge >= 0.3 is 22.2 Å². The van der Waals surface area contributed by atoms with Crippen molar-refractivity contribution in [3.05, 3.63) is 11.9 Å². The Hall–Kier alpha value is -0.600. The van der Waals surface area contributed by atoms with E-state index in [1.54, 1.807) is 0 Å². The molecule has 0 N–H and O–H groups in total. The summed E-state index contributed by atoms with van der Waals surface area (Å²) in [6.07, 6.45) is -6.67. The predicted molar refractivity (Wildman–Crippen MR) is 45.7 cm³/mol. The minimum Gasteiger partial charge on any atom is -0.412 e. The van der Waals surface area contributed by atoms with Gasteiger partial charge in [-0.15, -0.1) is 4.98 Å². The van der Waals surface area contributed by atoms with Crippen LogP contribution in [0, 0.1) is 6.08 Å². The van der Waals surface area contributed by atoms with E-state index in [9.17, 15) is 17.6 Å². The average molecular weight is 300 g/mol. The number of halogens is 7. The lowest BCUT2D eigenvalue weighted by atomic mass is 10.6. The number of hydrogen-bond acceptors (Lipinski definition) is 4. The first kappa shape index (κ1) is 13.5. The lowest BCUT2D eigenvalue weighted by Gasteiger charge is -2.12. The summed E-state index contributed by atoms with van der Waals surface area (Å²) in [4.78, 5) is 7.91. The van der Waals surface area contributed by atoms with Crippen LogP contribution in [0.5, 0.6) is 6.01 Å². The molecule has 4 nitrogen and oxygen atoms in total. The molecule has 0 saturated heterocycles. The molecule has 11 heteroatoms. The first-order chi connectivity index (χ1) is 7.08. The van der Waals surface area contributed by atoms with Crippen molar-refractivity contribution in [3.8, 4) is 6.01 Å². The maximum absolute atomic E-state index is 12.6. The Morgan fingerprint density at radius 3 is 2.00 bits per heavy atom. The smallest absolute Gasteiger partial charge is 0.412 e. The van der Waals surface area contributed by atoms with Crippen LogP contribution in [0.2, 0.25) is 0 Å². The first-order valence-corrected chi connectivity index (χ1v) is 4.46. The summed E-state index contributed by atoms with van der Waals surface area (Å²) in [5, 5.41) is 0. The Morgan fingerprint density at radius 2 is 1.56 bits per heavy atom. The maximum atomic E-state index is 12.6. The number of hydrogen-bond donors (Lipinski definition) is 0. The van der Waals surface area contributed by atoms with Crippen LogP contribution in [0.1, 0.15) is 5.82 Å². The van der Waals surface area contributed by atoms with Gasteiger partial charge in [0.05, 0.1) is 0 Å². The van der Waals surface area contributed by atoms with E-state index < -0.39 is 28.1 Å². The zero-order valence-electron chi connectivity index (χ0n) is 6.90. The van der Waals surface area contributed by atoms with Crippen molar-refractivity contribution in [2.24, 2.45) is 0 Å². The monoisotopic (exact) mass is 299 g/mol. The fourth-order valence-electron chi connectivity index (χ4n) is 0.608. The van der Waals surface area contributed by atoms with E-state index in [-0.39, 0.29) is 0 Å². The summed E-state index contributed by atoms with van der Waals surface area (Å²) >= 11 is 15.3. The molecule has 0 aliphatic heterocycles. The molecule has 0 amide bonds. The molecule has 0 aliphatic carbocycles. The van der Waals surface area contributed by atoms with Crippen LogP contribution in [0.4, 0.5) is 17.6 Å². The van der Waals surface area contributed by atoms with Crippen molar-refractivity contribution in [2.45, 2.75) is 10.2 Å². The van der Waals surface area contributed by atoms with Crippen LogP contribution in [0.15, 0.2) is 0 Å². The van der Waals surface area contributed by atoms with E-state index in [4.69, 9.17) is 34.8 Å². The fraction of sp³-hybridized carbons (Fsp3) is 0.400. The molecule has 0 unspecified atom stereocenters.